The second-order valence-electron chi connectivity index (χ2n) is 4.35. The third-order valence-electron chi connectivity index (χ3n) is 3.12. The molecule has 1 fully saturated rings. The lowest BCUT2D eigenvalue weighted by Crippen LogP contribution is -2.58. The van der Waals surface area contributed by atoms with Gasteiger partial charge in [0.25, 0.3) is 0 Å². The van der Waals surface area contributed by atoms with Gasteiger partial charge in [0.2, 0.25) is 0 Å². The molecule has 0 aliphatic heterocycles. The highest BCUT2D eigenvalue weighted by Gasteiger charge is 2.35. The van der Waals surface area contributed by atoms with E-state index in [1.807, 2.05) is 6.92 Å². The first-order valence-electron chi connectivity index (χ1n) is 5.96. The molecule has 0 aromatic heterocycles. The molecular formula is C11H21N3OS. The van der Waals surface area contributed by atoms with Crippen LogP contribution in [0, 0.1) is 0 Å². The minimum absolute atomic E-state index is 0.169. The fraction of sp³-hybridized carbons (Fsp3) is 0.818. The van der Waals surface area contributed by atoms with Crippen LogP contribution in [0.5, 0.6) is 0 Å². The molecule has 4 N–H and O–H groups in total. The van der Waals surface area contributed by atoms with Crippen molar-refractivity contribution in [3.05, 3.63) is 0 Å². The maximum Gasteiger partial charge on any atom is 0.315 e. The molecule has 92 valence electrons. The largest absolute Gasteiger partial charge is 0.391 e. The SMILES string of the molecule is CCNC(=O)NC1(C(N)=S)CCCCCC1. The maximum absolute atomic E-state index is 11.6. The summed E-state index contributed by atoms with van der Waals surface area (Å²) in [5.41, 5.74) is 5.34. The Morgan fingerprint density at radius 2 is 1.88 bits per heavy atom. The summed E-state index contributed by atoms with van der Waals surface area (Å²) in [5.74, 6) is 0. The summed E-state index contributed by atoms with van der Waals surface area (Å²) < 4.78 is 0. The molecule has 0 atom stereocenters. The van der Waals surface area contributed by atoms with Crippen molar-refractivity contribution >= 4 is 23.2 Å². The minimum atomic E-state index is -0.467. The molecule has 16 heavy (non-hydrogen) atoms. The molecule has 0 radical (unpaired) electrons. The Bertz CT molecular complexity index is 260. The molecule has 1 aliphatic rings. The summed E-state index contributed by atoms with van der Waals surface area (Å²) in [6.07, 6.45) is 6.26. The predicted molar refractivity (Wildman–Crippen MR) is 69.4 cm³/mol. The molecule has 0 bridgehead atoms. The van der Waals surface area contributed by atoms with Gasteiger partial charge in [0.1, 0.15) is 0 Å². The second kappa shape index (κ2) is 6.03. The Kier molecular flexibility index (Phi) is 4.99. The Morgan fingerprint density at radius 1 is 1.31 bits per heavy atom. The first-order valence-corrected chi connectivity index (χ1v) is 6.37. The van der Waals surface area contributed by atoms with Crippen LogP contribution in [-0.2, 0) is 0 Å². The summed E-state index contributed by atoms with van der Waals surface area (Å²) in [5, 5.41) is 5.68. The third kappa shape index (κ3) is 3.33. The van der Waals surface area contributed by atoms with E-state index in [2.05, 4.69) is 10.6 Å². The number of carbonyl (C=O) groups is 1. The fourth-order valence-corrected chi connectivity index (χ4v) is 2.44. The number of nitrogens with two attached hydrogens (primary N) is 1. The van der Waals surface area contributed by atoms with Gasteiger partial charge in [-0.25, -0.2) is 4.79 Å². The van der Waals surface area contributed by atoms with Crippen LogP contribution in [0.1, 0.15) is 45.4 Å². The average molecular weight is 243 g/mol. The Hall–Kier alpha value is -0.840. The van der Waals surface area contributed by atoms with Crippen molar-refractivity contribution in [2.45, 2.75) is 51.0 Å². The van der Waals surface area contributed by atoms with Gasteiger partial charge in [0, 0.05) is 6.54 Å². The molecule has 0 aromatic rings. The number of amides is 2. The quantitative estimate of drug-likeness (QED) is 0.522. The first kappa shape index (κ1) is 13.2. The zero-order chi connectivity index (χ0) is 12.0. The van der Waals surface area contributed by atoms with Gasteiger partial charge in [-0.3, -0.25) is 0 Å². The number of urea groups is 1. The van der Waals surface area contributed by atoms with Gasteiger partial charge in [-0.15, -0.1) is 0 Å². The van der Waals surface area contributed by atoms with Crippen molar-refractivity contribution in [2.75, 3.05) is 6.54 Å². The van der Waals surface area contributed by atoms with E-state index < -0.39 is 5.54 Å². The van der Waals surface area contributed by atoms with Gasteiger partial charge >= 0.3 is 6.03 Å². The first-order chi connectivity index (χ1) is 7.60. The van der Waals surface area contributed by atoms with Gasteiger partial charge < -0.3 is 16.4 Å². The molecule has 0 aromatic carbocycles. The van der Waals surface area contributed by atoms with E-state index in [0.717, 1.165) is 25.7 Å². The van der Waals surface area contributed by atoms with Gasteiger partial charge in [0.05, 0.1) is 10.5 Å². The number of hydrogen-bond donors (Lipinski definition) is 3. The highest BCUT2D eigenvalue weighted by atomic mass is 32.1. The van der Waals surface area contributed by atoms with Gasteiger partial charge in [-0.1, -0.05) is 37.9 Å². The maximum atomic E-state index is 11.6. The second-order valence-corrected chi connectivity index (χ2v) is 4.78. The highest BCUT2D eigenvalue weighted by Crippen LogP contribution is 2.27. The number of nitrogens with one attached hydrogen (secondary N) is 2. The number of hydrogen-bond acceptors (Lipinski definition) is 2. The van der Waals surface area contributed by atoms with Crippen LogP contribution in [-0.4, -0.2) is 23.1 Å². The van der Waals surface area contributed by atoms with Crippen molar-refractivity contribution in [3.63, 3.8) is 0 Å². The van der Waals surface area contributed by atoms with Crippen molar-refractivity contribution in [1.82, 2.24) is 10.6 Å². The summed E-state index contributed by atoms with van der Waals surface area (Å²) in [6, 6.07) is -0.169. The van der Waals surface area contributed by atoms with E-state index in [0.29, 0.717) is 11.5 Å². The van der Waals surface area contributed by atoms with Crippen LogP contribution in [0.25, 0.3) is 0 Å². The average Bonchev–Trinajstić information content (AvgIpc) is 2.44. The Balaban J connectivity index is 2.70. The summed E-state index contributed by atoms with van der Waals surface area (Å²) in [4.78, 5) is 12.0. The van der Waals surface area contributed by atoms with E-state index in [-0.39, 0.29) is 6.03 Å². The monoisotopic (exact) mass is 243 g/mol. The molecule has 0 heterocycles. The normalized spacial score (nSPS) is 19.6. The lowest BCUT2D eigenvalue weighted by Gasteiger charge is -2.32. The van der Waals surface area contributed by atoms with E-state index in [1.54, 1.807) is 0 Å². The van der Waals surface area contributed by atoms with Gasteiger partial charge in [-0.2, -0.15) is 0 Å². The molecule has 1 aliphatic carbocycles. The number of thiocarbonyl (C=S) groups is 1. The Labute approximate surface area is 102 Å². The summed E-state index contributed by atoms with van der Waals surface area (Å²) >= 11 is 5.13. The molecule has 0 saturated heterocycles. The predicted octanol–water partition coefficient (Wildman–Crippen LogP) is 1.68. The summed E-state index contributed by atoms with van der Waals surface area (Å²) in [7, 11) is 0. The van der Waals surface area contributed by atoms with Crippen LogP contribution in [0.4, 0.5) is 4.79 Å². The standard InChI is InChI=1S/C11H21N3OS/c1-2-13-10(15)14-11(9(12)16)7-5-3-4-6-8-11/h2-8H2,1H3,(H2,12,16)(H2,13,14,15). The molecule has 0 unspecified atom stereocenters. The molecule has 2 amide bonds. The van der Waals surface area contributed by atoms with Crippen LogP contribution in [0.2, 0.25) is 0 Å². The molecular weight excluding hydrogens is 222 g/mol. The lowest BCUT2D eigenvalue weighted by atomic mass is 9.90. The number of carbonyl (C=O) groups excluding carboxylic acids is 1. The topological polar surface area (TPSA) is 67.2 Å². The van der Waals surface area contributed by atoms with Gasteiger partial charge in [-0.05, 0) is 19.8 Å². The van der Waals surface area contributed by atoms with Crippen LogP contribution < -0.4 is 16.4 Å². The summed E-state index contributed by atoms with van der Waals surface area (Å²) in [6.45, 7) is 2.50. The van der Waals surface area contributed by atoms with Gasteiger partial charge in [0.15, 0.2) is 0 Å². The smallest absolute Gasteiger partial charge is 0.315 e. The fourth-order valence-electron chi connectivity index (χ4n) is 2.19. The van der Waals surface area contributed by atoms with E-state index >= 15 is 0 Å². The Morgan fingerprint density at radius 3 is 2.31 bits per heavy atom. The van der Waals surface area contributed by atoms with Crippen molar-refractivity contribution in [2.24, 2.45) is 5.73 Å². The molecule has 4 nitrogen and oxygen atoms in total. The van der Waals surface area contributed by atoms with E-state index in [4.69, 9.17) is 18.0 Å². The molecule has 1 saturated carbocycles. The van der Waals surface area contributed by atoms with Crippen molar-refractivity contribution in [3.8, 4) is 0 Å². The third-order valence-corrected chi connectivity index (χ3v) is 3.51. The van der Waals surface area contributed by atoms with Crippen molar-refractivity contribution in [1.29, 1.82) is 0 Å². The van der Waals surface area contributed by atoms with Crippen LogP contribution in [0.3, 0.4) is 0 Å². The van der Waals surface area contributed by atoms with Crippen LogP contribution >= 0.6 is 12.2 Å². The molecule has 1 rings (SSSR count). The van der Waals surface area contributed by atoms with E-state index in [9.17, 15) is 4.79 Å². The zero-order valence-corrected chi connectivity index (χ0v) is 10.7. The highest BCUT2D eigenvalue weighted by molar-refractivity contribution is 7.80. The molecule has 5 heteroatoms. The van der Waals surface area contributed by atoms with Crippen LogP contribution in [0.15, 0.2) is 0 Å². The zero-order valence-electron chi connectivity index (χ0n) is 9.84. The molecule has 0 spiro atoms. The lowest BCUT2D eigenvalue weighted by molar-refractivity contribution is 0.231. The number of rotatable bonds is 3. The van der Waals surface area contributed by atoms with E-state index in [1.165, 1.54) is 12.8 Å². The minimum Gasteiger partial charge on any atom is -0.391 e. The van der Waals surface area contributed by atoms with Crippen molar-refractivity contribution < 1.29 is 4.79 Å².